The molecule has 8 aromatic rings. The Hall–Kier alpha value is -5.09. The van der Waals surface area contributed by atoms with Crippen molar-refractivity contribution in [2.45, 2.75) is 15.7 Å². The molecule has 0 bridgehead atoms. The van der Waals surface area contributed by atoms with Crippen LogP contribution >= 0.6 is 11.8 Å². The topological polar surface area (TPSA) is 19.4 Å². The van der Waals surface area contributed by atoms with Gasteiger partial charge in [0.2, 0.25) is 0 Å². The van der Waals surface area contributed by atoms with Crippen molar-refractivity contribution in [2.75, 3.05) is 9.80 Å². The zero-order valence-corrected chi connectivity index (χ0v) is 35.0. The molecule has 5 heterocycles. The van der Waals surface area contributed by atoms with E-state index in [9.17, 15) is 0 Å². The molecule has 4 aliphatic rings. The molecular weight excluding hydrogens is 790 g/mol. The molecule has 0 fully saturated rings. The van der Waals surface area contributed by atoms with Gasteiger partial charge in [0.25, 0.3) is 0 Å². The van der Waals surface area contributed by atoms with Gasteiger partial charge in [-0.1, -0.05) is 0 Å². The number of nitrogens with zero attached hydrogens (tertiary/aromatic N) is 3. The first-order chi connectivity index (χ1) is 26.8. The summed E-state index contributed by atoms with van der Waals surface area (Å²) in [5.41, 5.74) is 10.5. The van der Waals surface area contributed by atoms with Crippen LogP contribution in [-0.4, -0.2) is 37.4 Å². The molecule has 1 unspecified atom stereocenters. The third-order valence-electron chi connectivity index (χ3n) is 11.8. The molecule has 54 heavy (non-hydrogen) atoms. The van der Waals surface area contributed by atoms with Crippen molar-refractivity contribution >= 4 is 103 Å². The molecule has 0 N–H and O–H groups in total. The van der Waals surface area contributed by atoms with Gasteiger partial charge >= 0.3 is 332 Å². The predicted molar refractivity (Wildman–Crippen MR) is 227 cm³/mol. The van der Waals surface area contributed by atoms with Crippen molar-refractivity contribution in [2.24, 2.45) is 0 Å². The van der Waals surface area contributed by atoms with Gasteiger partial charge in [-0.3, -0.25) is 0 Å². The number of aromatic nitrogens is 1. The van der Waals surface area contributed by atoms with Crippen LogP contribution in [0.2, 0.25) is 0 Å². The summed E-state index contributed by atoms with van der Waals surface area (Å²) in [7, 11) is 0. The zero-order valence-electron chi connectivity index (χ0n) is 29.3. The van der Waals surface area contributed by atoms with E-state index in [2.05, 4.69) is 192 Å². The molecule has 250 valence electrons. The van der Waals surface area contributed by atoms with Crippen molar-refractivity contribution < 1.29 is 0 Å². The Balaban J connectivity index is 1.20. The predicted octanol–water partition coefficient (Wildman–Crippen LogP) is 7.64. The van der Waals surface area contributed by atoms with Gasteiger partial charge in [-0.2, -0.15) is 0 Å². The molecule has 0 spiro atoms. The van der Waals surface area contributed by atoms with Crippen LogP contribution in [0.4, 0.5) is 34.3 Å². The van der Waals surface area contributed by atoms with E-state index in [0.29, 0.717) is 0 Å². The van der Waals surface area contributed by atoms with Gasteiger partial charge in [0.15, 0.2) is 0 Å². The standard InChI is InChI=1S/C48H31N3S.2Ga/c1-6-18-37(19-7-1)48(38-20-16-31-46(34-38)52-45-29-14-5-15-30-45)39-32-33-47(49-36-39)51(42-25-12-4-13-26-42)44-28-17-27-43(35-44)50(40-21-8-2-9-22-40)41-23-10-3-11-24-41;;/h1-23,25-29,31-32,48H;;. The van der Waals surface area contributed by atoms with E-state index in [4.69, 9.17) is 4.98 Å². The fraction of sp³-hybridized carbons (Fsp3) is 0.0208. The van der Waals surface area contributed by atoms with Crippen LogP contribution in [-0.2, 0) is 0 Å². The number of anilines is 6. The van der Waals surface area contributed by atoms with Gasteiger partial charge in [-0.05, 0) is 0 Å². The summed E-state index contributed by atoms with van der Waals surface area (Å²) < 4.78 is 9.01. The van der Waals surface area contributed by atoms with Crippen molar-refractivity contribution in [1.29, 1.82) is 0 Å². The first-order valence-electron chi connectivity index (χ1n) is 18.7. The maximum absolute atomic E-state index is 6.15. The number of benzene rings is 7. The van der Waals surface area contributed by atoms with Crippen LogP contribution in [0.5, 0.6) is 0 Å². The molecule has 0 saturated carbocycles. The van der Waals surface area contributed by atoms with Crippen LogP contribution in [0, 0.1) is 0 Å². The Labute approximate surface area is 330 Å². The van der Waals surface area contributed by atoms with Crippen molar-refractivity contribution in [1.82, 2.24) is 4.98 Å². The average molecular weight is 821 g/mol. The zero-order chi connectivity index (χ0) is 35.3. The number of hydrogen-bond acceptors (Lipinski definition) is 4. The van der Waals surface area contributed by atoms with E-state index in [-0.39, 0.29) is 5.92 Å². The fourth-order valence-electron chi connectivity index (χ4n) is 9.73. The SMILES string of the molecule is c1ccc(C2c3c[c]4c(n[c]3[Ga]3[c]5ccccc5Sc5cccc2[c]53)N(c2ccccc2)c2cccc3[c]2[Ga]4[c]2ccccc2N3c2ccccc2)cc1. The monoisotopic (exact) mass is 819 g/mol. The molecule has 4 aliphatic heterocycles. The molecule has 0 aliphatic carbocycles. The van der Waals surface area contributed by atoms with Crippen molar-refractivity contribution in [3.8, 4) is 0 Å². The first kappa shape index (κ1) is 31.3. The molecule has 0 saturated heterocycles. The number of fused-ring (bicyclic) bond motifs is 8. The van der Waals surface area contributed by atoms with E-state index in [1.165, 1.54) is 65.8 Å². The molecule has 1 atom stereocenters. The van der Waals surface area contributed by atoms with Gasteiger partial charge in [-0.25, -0.2) is 0 Å². The van der Waals surface area contributed by atoms with E-state index in [0.717, 1.165) is 11.5 Å². The van der Waals surface area contributed by atoms with E-state index in [1.54, 1.807) is 8.24 Å². The Kier molecular flexibility index (Phi) is 7.08. The van der Waals surface area contributed by atoms with Crippen molar-refractivity contribution in [3.05, 3.63) is 199 Å². The number of para-hydroxylation sites is 3. The summed E-state index contributed by atoms with van der Waals surface area (Å²) >= 11 is -3.49. The van der Waals surface area contributed by atoms with E-state index >= 15 is 0 Å². The Morgan fingerprint density at radius 1 is 0.444 bits per heavy atom. The molecule has 12 rings (SSSR count). The summed E-state index contributed by atoms with van der Waals surface area (Å²) in [5, 5.41) is 0. The normalized spacial score (nSPS) is 15.4. The number of pyridine rings is 1. The molecule has 0 amide bonds. The Bertz CT molecular complexity index is 2790. The molecule has 7 aromatic carbocycles. The summed E-state index contributed by atoms with van der Waals surface area (Å²) in [5.74, 6) is 1.28. The van der Waals surface area contributed by atoms with Gasteiger partial charge < -0.3 is 0 Å². The molecule has 0 radical (unpaired) electrons. The second-order valence-corrected chi connectivity index (χ2v) is 26.8. The Morgan fingerprint density at radius 3 is 1.81 bits per heavy atom. The van der Waals surface area contributed by atoms with Gasteiger partial charge in [0, 0.05) is 0 Å². The van der Waals surface area contributed by atoms with Gasteiger partial charge in [-0.15, -0.1) is 0 Å². The average Bonchev–Trinajstić information content (AvgIpc) is 3.24. The second kappa shape index (κ2) is 12.2. The van der Waals surface area contributed by atoms with Gasteiger partial charge in [0.05, 0.1) is 0 Å². The molecule has 3 nitrogen and oxygen atoms in total. The van der Waals surface area contributed by atoms with Crippen LogP contribution in [0.3, 0.4) is 0 Å². The minimum absolute atomic E-state index is 0.130. The summed E-state index contributed by atoms with van der Waals surface area (Å²) in [6, 6.07) is 68.4. The van der Waals surface area contributed by atoms with Crippen LogP contribution in [0.25, 0.3) is 0 Å². The molecular formula is C48H31Ga2N3S. The fourth-order valence-corrected chi connectivity index (χ4v) is 27.3. The van der Waals surface area contributed by atoms with E-state index < -0.39 is 32.4 Å². The first-order valence-corrected chi connectivity index (χ1v) is 26.8. The van der Waals surface area contributed by atoms with Crippen LogP contribution in [0.1, 0.15) is 22.6 Å². The van der Waals surface area contributed by atoms with Crippen molar-refractivity contribution in [3.63, 3.8) is 0 Å². The van der Waals surface area contributed by atoms with Crippen LogP contribution in [0.15, 0.2) is 192 Å². The third-order valence-corrected chi connectivity index (χ3v) is 27.9. The minimum atomic E-state index is -2.78. The molecule has 1 aromatic heterocycles. The molecule has 6 heteroatoms. The van der Waals surface area contributed by atoms with Gasteiger partial charge in [0.1, 0.15) is 0 Å². The Morgan fingerprint density at radius 2 is 1.04 bits per heavy atom. The second-order valence-electron chi connectivity index (χ2n) is 14.6. The number of hydrogen-bond donors (Lipinski definition) is 0. The summed E-state index contributed by atoms with van der Waals surface area (Å²) in [6.07, 6.45) is 0. The quantitative estimate of drug-likeness (QED) is 0.171. The maximum atomic E-state index is 6.15. The summed E-state index contributed by atoms with van der Waals surface area (Å²) in [4.78, 5) is 14.0. The number of rotatable bonds is 3. The summed E-state index contributed by atoms with van der Waals surface area (Å²) in [6.45, 7) is 0. The third kappa shape index (κ3) is 4.46. The van der Waals surface area contributed by atoms with Crippen LogP contribution < -0.4 is 34.6 Å². The van der Waals surface area contributed by atoms with E-state index in [1.807, 2.05) is 11.8 Å².